The first-order valence-electron chi connectivity index (χ1n) is 6.82. The third-order valence-electron chi connectivity index (χ3n) is 3.20. The van der Waals surface area contributed by atoms with Crippen LogP contribution >= 0.6 is 0 Å². The Morgan fingerprint density at radius 1 is 1.33 bits per heavy atom. The van der Waals surface area contributed by atoms with Crippen molar-refractivity contribution in [3.63, 3.8) is 0 Å². The van der Waals surface area contributed by atoms with Gasteiger partial charge in [0, 0.05) is 24.0 Å². The molecule has 2 rings (SSSR count). The molecule has 0 atom stereocenters. The van der Waals surface area contributed by atoms with Gasteiger partial charge in [-0.3, -0.25) is 0 Å². The fourth-order valence-corrected chi connectivity index (χ4v) is 2.07. The van der Waals surface area contributed by atoms with Gasteiger partial charge in [0.1, 0.15) is 5.82 Å². The smallest absolute Gasteiger partial charge is 0.125 e. The van der Waals surface area contributed by atoms with Gasteiger partial charge in [0.25, 0.3) is 0 Å². The normalized spacial score (nSPS) is 16.9. The SMILES string of the molecule is CC.Cc1cnc(N)cc1NC1CCN(C)CC1. The maximum absolute atomic E-state index is 5.70. The molecule has 3 N–H and O–H groups in total. The predicted octanol–water partition coefficient (Wildman–Crippen LogP) is 2.50. The van der Waals surface area contributed by atoms with Crippen LogP contribution in [0.15, 0.2) is 12.3 Å². The lowest BCUT2D eigenvalue weighted by molar-refractivity contribution is 0.264. The van der Waals surface area contributed by atoms with Crippen molar-refractivity contribution < 1.29 is 0 Å². The number of aryl methyl sites for hydroxylation is 1. The number of nitrogens with one attached hydrogen (secondary N) is 1. The number of pyridine rings is 1. The number of likely N-dealkylation sites (tertiary alicyclic amines) is 1. The number of hydrogen-bond donors (Lipinski definition) is 2. The van der Waals surface area contributed by atoms with Crippen LogP contribution in [0, 0.1) is 6.92 Å². The van der Waals surface area contributed by atoms with E-state index in [4.69, 9.17) is 5.73 Å². The van der Waals surface area contributed by atoms with E-state index in [0.717, 1.165) is 24.3 Å². The van der Waals surface area contributed by atoms with Crippen LogP contribution in [0.1, 0.15) is 32.3 Å². The molecule has 18 heavy (non-hydrogen) atoms. The third kappa shape index (κ3) is 4.18. The van der Waals surface area contributed by atoms with Gasteiger partial charge >= 0.3 is 0 Å². The zero-order valence-electron chi connectivity index (χ0n) is 12.0. The lowest BCUT2D eigenvalue weighted by Crippen LogP contribution is -2.36. The Morgan fingerprint density at radius 2 is 1.94 bits per heavy atom. The van der Waals surface area contributed by atoms with Crippen molar-refractivity contribution in [3.05, 3.63) is 17.8 Å². The van der Waals surface area contributed by atoms with Crippen LogP contribution in [0.4, 0.5) is 11.5 Å². The number of rotatable bonds is 2. The highest BCUT2D eigenvalue weighted by Crippen LogP contribution is 2.20. The van der Waals surface area contributed by atoms with E-state index in [9.17, 15) is 0 Å². The molecule has 102 valence electrons. The van der Waals surface area contributed by atoms with Gasteiger partial charge in [-0.05, 0) is 45.5 Å². The minimum atomic E-state index is 0.566. The molecule has 1 aliphatic rings. The zero-order chi connectivity index (χ0) is 13.5. The van der Waals surface area contributed by atoms with Gasteiger partial charge in [-0.15, -0.1) is 0 Å². The molecule has 0 spiro atoms. The second-order valence-electron chi connectivity index (χ2n) is 4.65. The number of nitrogens with two attached hydrogens (primary N) is 1. The van der Waals surface area contributed by atoms with Gasteiger partial charge in [-0.1, -0.05) is 13.8 Å². The number of nitrogens with zero attached hydrogens (tertiary/aromatic N) is 2. The number of anilines is 2. The summed E-state index contributed by atoms with van der Waals surface area (Å²) in [6, 6.07) is 2.49. The van der Waals surface area contributed by atoms with Crippen LogP contribution in [-0.4, -0.2) is 36.1 Å². The monoisotopic (exact) mass is 250 g/mol. The zero-order valence-corrected chi connectivity index (χ0v) is 12.0. The predicted molar refractivity (Wildman–Crippen MR) is 78.9 cm³/mol. The summed E-state index contributed by atoms with van der Waals surface area (Å²) in [5.74, 6) is 0.584. The molecule has 0 unspecified atom stereocenters. The highest BCUT2D eigenvalue weighted by Gasteiger charge is 2.16. The van der Waals surface area contributed by atoms with E-state index in [1.165, 1.54) is 12.8 Å². The molecule has 1 aromatic heterocycles. The van der Waals surface area contributed by atoms with Gasteiger partial charge < -0.3 is 16.0 Å². The van der Waals surface area contributed by atoms with E-state index in [1.807, 2.05) is 26.1 Å². The fourth-order valence-electron chi connectivity index (χ4n) is 2.07. The topological polar surface area (TPSA) is 54.2 Å². The highest BCUT2D eigenvalue weighted by molar-refractivity contribution is 5.55. The summed E-state index contributed by atoms with van der Waals surface area (Å²) in [5.41, 5.74) is 7.98. The van der Waals surface area contributed by atoms with Crippen molar-refractivity contribution in [2.75, 3.05) is 31.2 Å². The second kappa shape index (κ2) is 7.21. The van der Waals surface area contributed by atoms with E-state index < -0.39 is 0 Å². The first-order valence-corrected chi connectivity index (χ1v) is 6.82. The van der Waals surface area contributed by atoms with Crippen LogP contribution in [0.3, 0.4) is 0 Å². The molecular formula is C14H26N4. The minimum absolute atomic E-state index is 0.566. The molecule has 0 bridgehead atoms. The molecule has 0 amide bonds. The third-order valence-corrected chi connectivity index (χ3v) is 3.20. The Morgan fingerprint density at radius 3 is 2.56 bits per heavy atom. The average molecular weight is 250 g/mol. The average Bonchev–Trinajstić information content (AvgIpc) is 2.39. The number of hydrogen-bond acceptors (Lipinski definition) is 4. The van der Waals surface area contributed by atoms with Gasteiger partial charge in [-0.25, -0.2) is 4.98 Å². The van der Waals surface area contributed by atoms with E-state index in [-0.39, 0.29) is 0 Å². The van der Waals surface area contributed by atoms with Gasteiger partial charge in [-0.2, -0.15) is 0 Å². The van der Waals surface area contributed by atoms with Crippen LogP contribution < -0.4 is 11.1 Å². The Labute approximate surface area is 111 Å². The molecule has 1 saturated heterocycles. The van der Waals surface area contributed by atoms with Crippen LogP contribution in [0.2, 0.25) is 0 Å². The number of nitrogen functional groups attached to an aromatic ring is 1. The molecule has 0 radical (unpaired) electrons. The lowest BCUT2D eigenvalue weighted by atomic mass is 10.0. The Bertz CT molecular complexity index is 357. The number of aromatic nitrogens is 1. The summed E-state index contributed by atoms with van der Waals surface area (Å²) in [5, 5.41) is 3.56. The molecule has 2 heterocycles. The van der Waals surface area contributed by atoms with Crippen molar-refractivity contribution in [2.45, 2.75) is 39.7 Å². The quantitative estimate of drug-likeness (QED) is 0.847. The van der Waals surface area contributed by atoms with Gasteiger partial charge in [0.2, 0.25) is 0 Å². The second-order valence-corrected chi connectivity index (χ2v) is 4.65. The van der Waals surface area contributed by atoms with Crippen molar-refractivity contribution >= 4 is 11.5 Å². The van der Waals surface area contributed by atoms with E-state index >= 15 is 0 Å². The Hall–Kier alpha value is -1.29. The Balaban J connectivity index is 0.000000771. The number of piperidine rings is 1. The minimum Gasteiger partial charge on any atom is -0.384 e. The standard InChI is InChI=1S/C12H20N4.C2H6/c1-9-8-14-12(13)7-11(9)15-10-3-5-16(2)6-4-10;1-2/h7-8,10H,3-6H2,1-2H3,(H3,13,14,15);1-2H3. The summed E-state index contributed by atoms with van der Waals surface area (Å²) in [4.78, 5) is 6.44. The maximum atomic E-state index is 5.70. The van der Waals surface area contributed by atoms with Gasteiger partial charge in [0.15, 0.2) is 0 Å². The molecule has 1 aromatic rings. The molecule has 1 fully saturated rings. The summed E-state index contributed by atoms with van der Waals surface area (Å²) in [6.07, 6.45) is 4.21. The summed E-state index contributed by atoms with van der Waals surface area (Å²) in [7, 11) is 2.17. The summed E-state index contributed by atoms with van der Waals surface area (Å²) >= 11 is 0. The van der Waals surface area contributed by atoms with Crippen molar-refractivity contribution in [3.8, 4) is 0 Å². The van der Waals surface area contributed by atoms with E-state index in [2.05, 4.69) is 29.2 Å². The van der Waals surface area contributed by atoms with Crippen LogP contribution in [-0.2, 0) is 0 Å². The van der Waals surface area contributed by atoms with Gasteiger partial charge in [0.05, 0.1) is 0 Å². The molecule has 4 heteroatoms. The molecular weight excluding hydrogens is 224 g/mol. The maximum Gasteiger partial charge on any atom is 0.125 e. The Kier molecular flexibility index (Phi) is 5.92. The van der Waals surface area contributed by atoms with Crippen molar-refractivity contribution in [1.82, 2.24) is 9.88 Å². The van der Waals surface area contributed by atoms with Crippen LogP contribution in [0.5, 0.6) is 0 Å². The van der Waals surface area contributed by atoms with E-state index in [0.29, 0.717) is 11.9 Å². The van der Waals surface area contributed by atoms with Crippen molar-refractivity contribution in [2.24, 2.45) is 0 Å². The fraction of sp³-hybridized carbons (Fsp3) is 0.643. The van der Waals surface area contributed by atoms with E-state index in [1.54, 1.807) is 0 Å². The molecule has 0 saturated carbocycles. The summed E-state index contributed by atoms with van der Waals surface area (Å²) in [6.45, 7) is 8.39. The highest BCUT2D eigenvalue weighted by atomic mass is 15.1. The first kappa shape index (κ1) is 14.8. The molecule has 0 aromatic carbocycles. The lowest BCUT2D eigenvalue weighted by Gasteiger charge is -2.30. The van der Waals surface area contributed by atoms with Crippen molar-refractivity contribution in [1.29, 1.82) is 0 Å². The molecule has 0 aliphatic carbocycles. The van der Waals surface area contributed by atoms with Crippen LogP contribution in [0.25, 0.3) is 0 Å². The summed E-state index contributed by atoms with van der Waals surface area (Å²) < 4.78 is 0. The molecule has 4 nitrogen and oxygen atoms in total. The largest absolute Gasteiger partial charge is 0.384 e. The molecule has 1 aliphatic heterocycles. The first-order chi connectivity index (χ1) is 8.65.